The number of aliphatic hydroxyl groups excluding tert-OH is 1. The molecule has 616 valence electrons. The van der Waals surface area contributed by atoms with Gasteiger partial charge in [0.25, 0.3) is 0 Å². The Morgan fingerprint density at radius 2 is 0.491 bits per heavy atom. The molecule has 19 heteroatoms. The predicted molar refractivity (Wildman–Crippen MR) is 445 cm³/mol. The molecule has 0 rings (SSSR count). The number of rotatable bonds is 77. The van der Waals surface area contributed by atoms with E-state index in [0.717, 1.165) is 128 Å². The van der Waals surface area contributed by atoms with Crippen molar-refractivity contribution in [3.05, 3.63) is 158 Å². The highest BCUT2D eigenvalue weighted by molar-refractivity contribution is 7.47. The molecular formula is C89H148O17P2. The van der Waals surface area contributed by atoms with Crippen molar-refractivity contribution in [1.82, 2.24) is 0 Å². The summed E-state index contributed by atoms with van der Waals surface area (Å²) in [7, 11) is -10.0. The average Bonchev–Trinajstić information content (AvgIpc) is 0.906. The summed E-state index contributed by atoms with van der Waals surface area (Å²) in [5.74, 6) is -2.34. The Morgan fingerprint density at radius 1 is 0.269 bits per heavy atom. The van der Waals surface area contributed by atoms with E-state index in [0.29, 0.717) is 38.5 Å². The Labute approximate surface area is 655 Å². The number of allylic oxidation sites excluding steroid dienone is 26. The third-order valence-electron chi connectivity index (χ3n) is 17.0. The van der Waals surface area contributed by atoms with Crippen LogP contribution in [0.5, 0.6) is 0 Å². The lowest BCUT2D eigenvalue weighted by Crippen LogP contribution is -2.30. The number of carbonyl (C=O) groups excluding carboxylic acids is 4. The molecule has 0 bridgehead atoms. The maximum absolute atomic E-state index is 13.1. The largest absolute Gasteiger partial charge is 0.472 e. The molecule has 3 N–H and O–H groups in total. The number of hydrogen-bond acceptors (Lipinski definition) is 15. The smallest absolute Gasteiger partial charge is 0.462 e. The second kappa shape index (κ2) is 79.8. The van der Waals surface area contributed by atoms with E-state index in [9.17, 15) is 43.2 Å². The van der Waals surface area contributed by atoms with Crippen LogP contribution in [0.2, 0.25) is 0 Å². The summed E-state index contributed by atoms with van der Waals surface area (Å²) in [6.07, 6.45) is 93.7. The molecule has 0 spiro atoms. The van der Waals surface area contributed by atoms with E-state index in [1.165, 1.54) is 103 Å². The van der Waals surface area contributed by atoms with Gasteiger partial charge in [0.15, 0.2) is 12.2 Å². The van der Waals surface area contributed by atoms with Crippen LogP contribution in [-0.4, -0.2) is 96.7 Å². The monoisotopic (exact) mass is 1550 g/mol. The van der Waals surface area contributed by atoms with Crippen LogP contribution in [-0.2, 0) is 65.4 Å². The van der Waals surface area contributed by atoms with Crippen molar-refractivity contribution in [2.45, 2.75) is 341 Å². The van der Waals surface area contributed by atoms with E-state index in [-0.39, 0.29) is 25.7 Å². The minimum Gasteiger partial charge on any atom is -0.462 e. The van der Waals surface area contributed by atoms with Gasteiger partial charge in [-0.3, -0.25) is 37.3 Å². The van der Waals surface area contributed by atoms with Crippen LogP contribution in [0.3, 0.4) is 0 Å². The lowest BCUT2D eigenvalue weighted by Gasteiger charge is -2.21. The van der Waals surface area contributed by atoms with Crippen molar-refractivity contribution in [3.8, 4) is 0 Å². The molecule has 0 fully saturated rings. The molecule has 0 amide bonds. The van der Waals surface area contributed by atoms with Gasteiger partial charge in [0.1, 0.15) is 19.3 Å². The molecule has 0 aromatic heterocycles. The standard InChI is InChI=1S/C89H148O17P2/c1-5-9-13-17-21-25-29-33-37-40-41-44-47-50-54-58-62-66-70-74-87(92)100-80-85(106-89(94)76-72-68-64-60-56-52-48-43-39-35-31-27-23-19-15-11-7-3)82-104-108(97,98)102-78-83(90)77-101-107(95,96)103-81-84(105-88(93)75-71-67-63-59-55-51-45-36-32-28-24-20-16-12-8-4)79-99-86(91)73-69-65-61-57-53-49-46-42-38-34-30-26-22-18-14-10-6-2/h9,13,21-23,25-27,33-35,37-39,41,44,46,48-50,52,54,57,60-61,64,83-85,90H,5-8,10-12,14-20,24,28-32,36,40,42-43,45,47,51,53,55-56,58-59,62-63,65-82H2,1-4H3,(H,95,96)(H,97,98)/b13-9-,25-21-,26-22-,27-23-,37-33-,38-34-,39-35-,44-41-,49-46-,52-48-,54-50-,61-57-,64-60-/t83-,84+,85+/m0/s1. The fourth-order valence-electron chi connectivity index (χ4n) is 10.6. The second-order valence-corrected chi connectivity index (χ2v) is 30.2. The summed E-state index contributed by atoms with van der Waals surface area (Å²) in [5.41, 5.74) is 0. The number of carbonyl (C=O) groups is 4. The highest BCUT2D eigenvalue weighted by Crippen LogP contribution is 2.45. The average molecular weight is 1550 g/mol. The highest BCUT2D eigenvalue weighted by atomic mass is 31.2. The molecule has 2 unspecified atom stereocenters. The molecule has 0 aliphatic heterocycles. The Morgan fingerprint density at radius 3 is 0.806 bits per heavy atom. The van der Waals surface area contributed by atoms with Crippen LogP contribution in [0.25, 0.3) is 0 Å². The van der Waals surface area contributed by atoms with Crippen LogP contribution in [0.4, 0.5) is 0 Å². The van der Waals surface area contributed by atoms with Gasteiger partial charge >= 0.3 is 39.5 Å². The topological polar surface area (TPSA) is 237 Å². The van der Waals surface area contributed by atoms with Crippen molar-refractivity contribution in [1.29, 1.82) is 0 Å². The zero-order valence-corrected chi connectivity index (χ0v) is 69.3. The molecule has 0 radical (unpaired) electrons. The van der Waals surface area contributed by atoms with Crippen LogP contribution in [0, 0.1) is 0 Å². The van der Waals surface area contributed by atoms with Crippen molar-refractivity contribution in [3.63, 3.8) is 0 Å². The van der Waals surface area contributed by atoms with Crippen LogP contribution in [0.1, 0.15) is 323 Å². The van der Waals surface area contributed by atoms with E-state index >= 15 is 0 Å². The van der Waals surface area contributed by atoms with E-state index in [2.05, 4.69) is 161 Å². The third-order valence-corrected chi connectivity index (χ3v) is 18.9. The van der Waals surface area contributed by atoms with Gasteiger partial charge in [0.2, 0.25) is 0 Å². The Kier molecular flexibility index (Phi) is 75.8. The first-order valence-electron chi connectivity index (χ1n) is 41.7. The normalized spacial score (nSPS) is 14.6. The van der Waals surface area contributed by atoms with Crippen LogP contribution in [0.15, 0.2) is 158 Å². The summed E-state index contributed by atoms with van der Waals surface area (Å²) in [6, 6.07) is 0. The molecule has 0 aliphatic rings. The zero-order chi connectivity index (χ0) is 78.9. The minimum atomic E-state index is -5.01. The molecule has 0 aromatic carbocycles. The van der Waals surface area contributed by atoms with Crippen molar-refractivity contribution < 1.29 is 80.2 Å². The first-order valence-corrected chi connectivity index (χ1v) is 44.7. The van der Waals surface area contributed by atoms with Gasteiger partial charge in [0, 0.05) is 25.7 Å². The maximum atomic E-state index is 13.1. The van der Waals surface area contributed by atoms with Crippen molar-refractivity contribution in [2.24, 2.45) is 0 Å². The second-order valence-electron chi connectivity index (χ2n) is 27.3. The molecule has 17 nitrogen and oxygen atoms in total. The Bertz CT molecular complexity index is 2660. The predicted octanol–water partition coefficient (Wildman–Crippen LogP) is 24.8. The first-order chi connectivity index (χ1) is 52.7. The molecule has 5 atom stereocenters. The summed E-state index contributed by atoms with van der Waals surface area (Å²) < 4.78 is 68.6. The number of aliphatic hydroxyl groups is 1. The lowest BCUT2D eigenvalue weighted by molar-refractivity contribution is -0.161. The lowest BCUT2D eigenvalue weighted by atomic mass is 10.0. The number of hydrogen-bond donors (Lipinski definition) is 3. The van der Waals surface area contributed by atoms with Gasteiger partial charge in [-0.1, -0.05) is 308 Å². The SMILES string of the molecule is CC/C=C\C/C=C\C/C=C\C/C=C\C/C=C\CCCCCC(=O)OC[C@H](COP(=O)(O)OC[C@@H](O)COP(=O)(O)OC[C@@H](COC(=O)CCC/C=C\C/C=C\C/C=C\C/C=C\CCCCC)OC(=O)CCCCCCCCCCCCCCCCC)OC(=O)CCC/C=C\C/C=C\C/C=C\C/C=C\CCCCC. The molecule has 0 saturated heterocycles. The number of ether oxygens (including phenoxy) is 4. The van der Waals surface area contributed by atoms with E-state index in [1.807, 2.05) is 24.3 Å². The number of unbranched alkanes of at least 4 members (excludes halogenated alkanes) is 25. The summed E-state index contributed by atoms with van der Waals surface area (Å²) in [6.45, 7) is 4.56. The van der Waals surface area contributed by atoms with Gasteiger partial charge in [0.05, 0.1) is 26.4 Å². The molecule has 108 heavy (non-hydrogen) atoms. The van der Waals surface area contributed by atoms with Crippen molar-refractivity contribution in [2.75, 3.05) is 39.6 Å². The van der Waals surface area contributed by atoms with Crippen LogP contribution >= 0.6 is 15.6 Å². The molecular weight excluding hydrogens is 1400 g/mol. The molecule has 0 aliphatic carbocycles. The zero-order valence-electron chi connectivity index (χ0n) is 67.5. The number of esters is 4. The van der Waals surface area contributed by atoms with E-state index in [1.54, 1.807) is 0 Å². The Hall–Kier alpha value is -5.32. The molecule has 0 saturated carbocycles. The van der Waals surface area contributed by atoms with Gasteiger partial charge in [-0.15, -0.1) is 0 Å². The first kappa shape index (κ1) is 103. The Balaban J connectivity index is 5.50. The summed E-state index contributed by atoms with van der Waals surface area (Å²) in [4.78, 5) is 73.1. The highest BCUT2D eigenvalue weighted by Gasteiger charge is 2.30. The summed E-state index contributed by atoms with van der Waals surface area (Å²) >= 11 is 0. The third kappa shape index (κ3) is 78.8. The van der Waals surface area contributed by atoms with Gasteiger partial charge in [-0.25, -0.2) is 9.13 Å². The quantitative estimate of drug-likeness (QED) is 0.0169. The van der Waals surface area contributed by atoms with Gasteiger partial charge in [-0.2, -0.15) is 0 Å². The fourth-order valence-corrected chi connectivity index (χ4v) is 12.2. The minimum absolute atomic E-state index is 0.00534. The summed E-state index contributed by atoms with van der Waals surface area (Å²) in [5, 5.41) is 10.7. The fraction of sp³-hybridized carbons (Fsp3) is 0.663. The van der Waals surface area contributed by atoms with Gasteiger partial charge < -0.3 is 33.8 Å². The van der Waals surface area contributed by atoms with E-state index < -0.39 is 97.5 Å². The van der Waals surface area contributed by atoms with E-state index in [4.69, 9.17) is 37.0 Å². The molecule has 0 heterocycles. The van der Waals surface area contributed by atoms with Crippen LogP contribution < -0.4 is 0 Å². The van der Waals surface area contributed by atoms with Gasteiger partial charge in [-0.05, 0) is 148 Å². The maximum Gasteiger partial charge on any atom is 0.472 e. The molecule has 0 aromatic rings. The number of phosphoric ester groups is 2. The van der Waals surface area contributed by atoms with Crippen molar-refractivity contribution >= 4 is 39.5 Å². The number of phosphoric acid groups is 2.